The number of nitrogens with one attached hydrogen (secondary N) is 2. The molecule has 2 N–H and O–H groups in total. The minimum absolute atomic E-state index is 0.643. The lowest BCUT2D eigenvalue weighted by molar-refractivity contribution is -0.139. The van der Waals surface area contributed by atoms with Crippen molar-refractivity contribution in [1.29, 1.82) is 0 Å². The molecule has 0 spiro atoms. The van der Waals surface area contributed by atoms with Crippen LogP contribution < -0.4 is 10.9 Å². The maximum Gasteiger partial charge on any atom is 0.331 e. The van der Waals surface area contributed by atoms with E-state index in [1.807, 2.05) is 38.1 Å². The number of benzene rings is 2. The van der Waals surface area contributed by atoms with Crippen molar-refractivity contribution in [2.45, 2.75) is 89.9 Å². The number of hydrazone groups is 2. The molecule has 190 valence electrons. The summed E-state index contributed by atoms with van der Waals surface area (Å²) >= 11 is 0. The largest absolute Gasteiger partial charge is 0.331 e. The zero-order valence-corrected chi connectivity index (χ0v) is 21.6. The Balaban J connectivity index is 1.27. The summed E-state index contributed by atoms with van der Waals surface area (Å²) in [5.41, 5.74) is 10.5. The van der Waals surface area contributed by atoms with Crippen LogP contribution in [0, 0.1) is 0 Å². The number of hydrogen-bond donors (Lipinski definition) is 2. The van der Waals surface area contributed by atoms with E-state index in [-0.39, 0.29) is 0 Å². The van der Waals surface area contributed by atoms with Crippen molar-refractivity contribution in [3.05, 3.63) is 70.8 Å². The standard InChI is InChI=1S/C30H38N4O2/c1-21(23-13-17-27(18-14-23)25-9-5-3-6-10-25)31-33-29(35)30(36)34-32-22(2)24-15-19-28(20-16-24)26-11-7-4-8-12-26/h13-20,25-26H,3-12H2,1-2H3,(H,33,35)(H,34,36)/b31-21+,32-22+. The molecule has 0 bridgehead atoms. The predicted octanol–water partition coefficient (Wildman–Crippen LogP) is 6.16. The van der Waals surface area contributed by atoms with E-state index in [1.54, 1.807) is 0 Å². The summed E-state index contributed by atoms with van der Waals surface area (Å²) in [6, 6.07) is 16.7. The minimum Gasteiger partial charge on any atom is -0.262 e. The Bertz CT molecular complexity index is 1000. The number of carbonyl (C=O) groups excluding carboxylic acids is 2. The highest BCUT2D eigenvalue weighted by Gasteiger charge is 2.17. The van der Waals surface area contributed by atoms with Gasteiger partial charge in [0.2, 0.25) is 0 Å². The summed E-state index contributed by atoms with van der Waals surface area (Å²) in [4.78, 5) is 24.4. The van der Waals surface area contributed by atoms with Gasteiger partial charge in [-0.15, -0.1) is 0 Å². The number of rotatable bonds is 6. The fourth-order valence-electron chi connectivity index (χ4n) is 5.36. The molecule has 2 aliphatic rings. The molecule has 0 aromatic heterocycles. The zero-order chi connectivity index (χ0) is 25.3. The number of nitrogens with zero attached hydrogens (tertiary/aromatic N) is 2. The fourth-order valence-corrected chi connectivity index (χ4v) is 5.36. The van der Waals surface area contributed by atoms with Gasteiger partial charge in [-0.3, -0.25) is 9.59 Å². The second kappa shape index (κ2) is 12.6. The molecule has 2 fully saturated rings. The van der Waals surface area contributed by atoms with Gasteiger partial charge in [-0.25, -0.2) is 10.9 Å². The second-order valence-corrected chi connectivity index (χ2v) is 10.2. The normalized spacial score (nSPS) is 18.1. The number of hydrogen-bond acceptors (Lipinski definition) is 4. The summed E-state index contributed by atoms with van der Waals surface area (Å²) < 4.78 is 0. The van der Waals surface area contributed by atoms with Gasteiger partial charge in [0.05, 0.1) is 11.4 Å². The molecule has 0 unspecified atom stereocenters. The van der Waals surface area contributed by atoms with Gasteiger partial charge in [0.1, 0.15) is 0 Å². The molecule has 2 saturated carbocycles. The third-order valence-corrected chi connectivity index (χ3v) is 7.67. The first kappa shape index (κ1) is 25.8. The van der Waals surface area contributed by atoms with Gasteiger partial charge in [0.25, 0.3) is 0 Å². The lowest BCUT2D eigenvalue weighted by Crippen LogP contribution is -2.36. The van der Waals surface area contributed by atoms with E-state index >= 15 is 0 Å². The van der Waals surface area contributed by atoms with Gasteiger partial charge in [-0.05, 0) is 73.6 Å². The van der Waals surface area contributed by atoms with Gasteiger partial charge >= 0.3 is 11.8 Å². The molecular weight excluding hydrogens is 448 g/mol. The first-order valence-corrected chi connectivity index (χ1v) is 13.4. The first-order valence-electron chi connectivity index (χ1n) is 13.4. The minimum atomic E-state index is -0.850. The van der Waals surface area contributed by atoms with Crippen molar-refractivity contribution in [1.82, 2.24) is 10.9 Å². The van der Waals surface area contributed by atoms with Crippen LogP contribution in [0.4, 0.5) is 0 Å². The van der Waals surface area contributed by atoms with Crippen LogP contribution in [0.3, 0.4) is 0 Å². The lowest BCUT2D eigenvalue weighted by Gasteiger charge is -2.22. The molecule has 4 rings (SSSR count). The van der Waals surface area contributed by atoms with Crippen LogP contribution >= 0.6 is 0 Å². The zero-order valence-electron chi connectivity index (χ0n) is 21.6. The molecule has 6 nitrogen and oxygen atoms in total. The van der Waals surface area contributed by atoms with E-state index in [2.05, 4.69) is 45.3 Å². The first-order chi connectivity index (χ1) is 17.5. The lowest BCUT2D eigenvalue weighted by atomic mass is 9.84. The number of carbonyl (C=O) groups is 2. The molecular formula is C30H38N4O2. The predicted molar refractivity (Wildman–Crippen MR) is 145 cm³/mol. The topological polar surface area (TPSA) is 82.9 Å². The van der Waals surface area contributed by atoms with Crippen molar-refractivity contribution in [2.75, 3.05) is 0 Å². The molecule has 0 heterocycles. The van der Waals surface area contributed by atoms with Crippen LogP contribution in [-0.2, 0) is 9.59 Å². The summed E-state index contributed by atoms with van der Waals surface area (Å²) in [7, 11) is 0. The van der Waals surface area contributed by atoms with E-state index < -0.39 is 11.8 Å². The van der Waals surface area contributed by atoms with E-state index in [0.29, 0.717) is 23.3 Å². The van der Waals surface area contributed by atoms with Gasteiger partial charge in [-0.1, -0.05) is 87.1 Å². The molecule has 0 saturated heterocycles. The van der Waals surface area contributed by atoms with Crippen molar-refractivity contribution in [2.24, 2.45) is 10.2 Å². The fraction of sp³-hybridized carbons (Fsp3) is 0.467. The summed E-state index contributed by atoms with van der Waals surface area (Å²) in [6.07, 6.45) is 12.9. The molecule has 0 aliphatic heterocycles. The van der Waals surface area contributed by atoms with E-state index in [9.17, 15) is 9.59 Å². The molecule has 2 aliphatic carbocycles. The monoisotopic (exact) mass is 486 g/mol. The highest BCUT2D eigenvalue weighted by atomic mass is 16.2. The third-order valence-electron chi connectivity index (χ3n) is 7.67. The number of amides is 2. The van der Waals surface area contributed by atoms with Crippen molar-refractivity contribution in [3.8, 4) is 0 Å². The quantitative estimate of drug-likeness (QED) is 0.291. The van der Waals surface area contributed by atoms with Gasteiger partial charge in [-0.2, -0.15) is 10.2 Å². The highest BCUT2D eigenvalue weighted by Crippen LogP contribution is 2.33. The highest BCUT2D eigenvalue weighted by molar-refractivity contribution is 6.35. The van der Waals surface area contributed by atoms with E-state index in [1.165, 1.54) is 75.3 Å². The molecule has 2 aromatic rings. The van der Waals surface area contributed by atoms with Crippen LogP contribution in [0.2, 0.25) is 0 Å². The maximum absolute atomic E-state index is 12.2. The van der Waals surface area contributed by atoms with Crippen LogP contribution in [0.5, 0.6) is 0 Å². The average Bonchev–Trinajstić information content (AvgIpc) is 2.95. The SMILES string of the molecule is C/C(=N\NC(=O)C(=O)N/N=C(\C)c1ccc(C2CCCCC2)cc1)c1ccc(C2CCCCC2)cc1. The summed E-state index contributed by atoms with van der Waals surface area (Å²) in [5.74, 6) is -0.408. The third kappa shape index (κ3) is 6.90. The van der Waals surface area contributed by atoms with Gasteiger partial charge < -0.3 is 0 Å². The summed E-state index contributed by atoms with van der Waals surface area (Å²) in [5, 5.41) is 8.21. The molecule has 2 aromatic carbocycles. The molecule has 0 atom stereocenters. The Hall–Kier alpha value is -3.28. The smallest absolute Gasteiger partial charge is 0.262 e. The molecule has 36 heavy (non-hydrogen) atoms. The van der Waals surface area contributed by atoms with Crippen molar-refractivity contribution in [3.63, 3.8) is 0 Å². The molecule has 6 heteroatoms. The van der Waals surface area contributed by atoms with Crippen LogP contribution in [0.25, 0.3) is 0 Å². The second-order valence-electron chi connectivity index (χ2n) is 10.2. The Kier molecular flexibility index (Phi) is 9.04. The van der Waals surface area contributed by atoms with Crippen LogP contribution in [-0.4, -0.2) is 23.2 Å². The summed E-state index contributed by atoms with van der Waals surface area (Å²) in [6.45, 7) is 3.63. The molecule has 2 amide bonds. The van der Waals surface area contributed by atoms with Crippen LogP contribution in [0.1, 0.15) is 112 Å². The Morgan fingerprint density at radius 1 is 0.583 bits per heavy atom. The van der Waals surface area contributed by atoms with Crippen molar-refractivity contribution < 1.29 is 9.59 Å². The Morgan fingerprint density at radius 3 is 1.25 bits per heavy atom. The average molecular weight is 487 g/mol. The van der Waals surface area contributed by atoms with Crippen LogP contribution in [0.15, 0.2) is 58.7 Å². The Morgan fingerprint density at radius 2 is 0.917 bits per heavy atom. The van der Waals surface area contributed by atoms with Gasteiger partial charge in [0, 0.05) is 0 Å². The molecule has 0 radical (unpaired) electrons. The Labute approximate surface area is 214 Å². The van der Waals surface area contributed by atoms with Gasteiger partial charge in [0.15, 0.2) is 0 Å². The maximum atomic E-state index is 12.2. The van der Waals surface area contributed by atoms with E-state index in [4.69, 9.17) is 0 Å². The van der Waals surface area contributed by atoms with E-state index in [0.717, 1.165) is 11.1 Å². The van der Waals surface area contributed by atoms with Crippen molar-refractivity contribution >= 4 is 23.2 Å².